The summed E-state index contributed by atoms with van der Waals surface area (Å²) >= 11 is 0. The number of benzene rings is 1. The first-order chi connectivity index (χ1) is 9.49. The fourth-order valence-electron chi connectivity index (χ4n) is 2.82. The summed E-state index contributed by atoms with van der Waals surface area (Å²) in [4.78, 5) is 25.7. The van der Waals surface area contributed by atoms with Gasteiger partial charge >= 0.3 is 0 Å². The lowest BCUT2D eigenvalue weighted by Gasteiger charge is -2.24. The second-order valence-corrected chi connectivity index (χ2v) is 5.98. The summed E-state index contributed by atoms with van der Waals surface area (Å²) in [5, 5.41) is 0. The van der Waals surface area contributed by atoms with Gasteiger partial charge in [0.2, 0.25) is 0 Å². The van der Waals surface area contributed by atoms with Gasteiger partial charge < -0.3 is 4.90 Å². The van der Waals surface area contributed by atoms with E-state index in [0.29, 0.717) is 12.3 Å². The van der Waals surface area contributed by atoms with E-state index >= 15 is 0 Å². The number of rotatable bonds is 4. The van der Waals surface area contributed by atoms with Crippen LogP contribution in [0.5, 0.6) is 0 Å². The number of hydrogen-bond acceptors (Lipinski definition) is 2. The highest BCUT2D eigenvalue weighted by Gasteiger charge is 2.30. The van der Waals surface area contributed by atoms with Crippen molar-refractivity contribution < 1.29 is 9.59 Å². The molecule has 1 aromatic carbocycles. The molecule has 0 aliphatic carbocycles. The van der Waals surface area contributed by atoms with Crippen molar-refractivity contribution in [1.82, 2.24) is 4.90 Å². The summed E-state index contributed by atoms with van der Waals surface area (Å²) in [6.45, 7) is 6.64. The average molecular weight is 273 g/mol. The van der Waals surface area contributed by atoms with Gasteiger partial charge in [-0.25, -0.2) is 0 Å². The third-order valence-electron chi connectivity index (χ3n) is 3.99. The van der Waals surface area contributed by atoms with Gasteiger partial charge in [0.05, 0.1) is 0 Å². The summed E-state index contributed by atoms with van der Waals surface area (Å²) in [5.41, 5.74) is 1.97. The maximum Gasteiger partial charge on any atom is 0.254 e. The minimum Gasteiger partial charge on any atom is -0.335 e. The maximum absolute atomic E-state index is 12.5. The predicted octanol–water partition coefficient (Wildman–Crippen LogP) is 3.39. The molecule has 1 aromatic rings. The molecule has 1 aliphatic heterocycles. The first-order valence-electron chi connectivity index (χ1n) is 7.39. The zero-order valence-electron chi connectivity index (χ0n) is 12.6. The Hall–Kier alpha value is -1.64. The van der Waals surface area contributed by atoms with Gasteiger partial charge in [0.15, 0.2) is 0 Å². The Labute approximate surface area is 121 Å². The summed E-state index contributed by atoms with van der Waals surface area (Å²) in [6, 6.07) is 7.94. The lowest BCUT2D eigenvalue weighted by molar-refractivity contribution is -0.117. The minimum atomic E-state index is 0.0593. The summed E-state index contributed by atoms with van der Waals surface area (Å²) in [7, 11) is 0. The van der Waals surface area contributed by atoms with E-state index in [4.69, 9.17) is 0 Å². The zero-order valence-corrected chi connectivity index (χ0v) is 12.6. The van der Waals surface area contributed by atoms with Crippen LogP contribution in [-0.4, -0.2) is 29.2 Å². The summed E-state index contributed by atoms with van der Waals surface area (Å²) in [6.07, 6.45) is 2.42. The maximum atomic E-state index is 12.5. The molecular weight excluding hydrogens is 250 g/mol. The molecule has 0 radical (unpaired) electrons. The third kappa shape index (κ3) is 3.27. The first kappa shape index (κ1) is 14.8. The van der Waals surface area contributed by atoms with E-state index in [1.54, 1.807) is 6.92 Å². The monoisotopic (exact) mass is 273 g/mol. The topological polar surface area (TPSA) is 37.4 Å². The van der Waals surface area contributed by atoms with Gasteiger partial charge in [-0.3, -0.25) is 9.59 Å². The van der Waals surface area contributed by atoms with E-state index in [-0.39, 0.29) is 17.7 Å². The van der Waals surface area contributed by atoms with Crippen LogP contribution in [0, 0.1) is 0 Å². The third-order valence-corrected chi connectivity index (χ3v) is 3.99. The van der Waals surface area contributed by atoms with Crippen molar-refractivity contribution >= 4 is 11.7 Å². The van der Waals surface area contributed by atoms with Crippen LogP contribution in [0.4, 0.5) is 0 Å². The molecule has 0 N–H and O–H groups in total. The van der Waals surface area contributed by atoms with E-state index in [0.717, 1.165) is 24.9 Å². The second kappa shape index (κ2) is 6.21. The Balaban J connectivity index is 2.11. The normalized spacial score (nSPS) is 18.6. The first-order valence-corrected chi connectivity index (χ1v) is 7.39. The number of nitrogens with zero attached hydrogens (tertiary/aromatic N) is 1. The number of amides is 1. The van der Waals surface area contributed by atoms with E-state index in [1.807, 2.05) is 29.2 Å². The molecule has 0 spiro atoms. The molecule has 0 saturated carbocycles. The molecule has 2 rings (SSSR count). The van der Waals surface area contributed by atoms with Crippen molar-refractivity contribution in [1.29, 1.82) is 0 Å². The van der Waals surface area contributed by atoms with Crippen molar-refractivity contribution in [2.75, 3.05) is 6.54 Å². The second-order valence-electron chi connectivity index (χ2n) is 5.98. The number of ketones is 1. The molecule has 1 aliphatic rings. The lowest BCUT2D eigenvalue weighted by atomic mass is 10.0. The van der Waals surface area contributed by atoms with Crippen LogP contribution in [0.3, 0.4) is 0 Å². The van der Waals surface area contributed by atoms with Gasteiger partial charge in [-0.2, -0.15) is 0 Å². The van der Waals surface area contributed by atoms with Crippen LogP contribution in [0.25, 0.3) is 0 Å². The van der Waals surface area contributed by atoms with Gasteiger partial charge in [-0.15, -0.1) is 0 Å². The minimum absolute atomic E-state index is 0.0593. The van der Waals surface area contributed by atoms with Crippen molar-refractivity contribution in [2.24, 2.45) is 0 Å². The SMILES string of the molecule is CC(=O)CC1CCCN1C(=O)c1ccc(C(C)C)cc1. The Kier molecular flexibility index (Phi) is 4.58. The Morgan fingerprint density at radius 3 is 2.45 bits per heavy atom. The van der Waals surface area contributed by atoms with E-state index < -0.39 is 0 Å². The van der Waals surface area contributed by atoms with Gasteiger partial charge in [0, 0.05) is 24.6 Å². The largest absolute Gasteiger partial charge is 0.335 e. The van der Waals surface area contributed by atoms with Crippen LogP contribution in [0.2, 0.25) is 0 Å². The number of carbonyl (C=O) groups excluding carboxylic acids is 2. The molecule has 1 fully saturated rings. The smallest absolute Gasteiger partial charge is 0.254 e. The Bertz CT molecular complexity index is 490. The quantitative estimate of drug-likeness (QED) is 0.843. The van der Waals surface area contributed by atoms with E-state index in [1.165, 1.54) is 5.56 Å². The standard InChI is InChI=1S/C17H23NO2/c1-12(2)14-6-8-15(9-7-14)17(20)18-10-4-5-16(18)11-13(3)19/h6-9,12,16H,4-5,10-11H2,1-3H3. The molecule has 1 heterocycles. The molecule has 3 heteroatoms. The van der Waals surface area contributed by atoms with E-state index in [2.05, 4.69) is 13.8 Å². The lowest BCUT2D eigenvalue weighted by Crippen LogP contribution is -2.36. The van der Waals surface area contributed by atoms with Gasteiger partial charge in [0.25, 0.3) is 5.91 Å². The van der Waals surface area contributed by atoms with Gasteiger partial charge in [-0.1, -0.05) is 26.0 Å². The molecule has 20 heavy (non-hydrogen) atoms. The highest BCUT2D eigenvalue weighted by Crippen LogP contribution is 2.23. The Morgan fingerprint density at radius 2 is 1.90 bits per heavy atom. The number of likely N-dealkylation sites (tertiary alicyclic amines) is 1. The van der Waals surface area contributed by atoms with E-state index in [9.17, 15) is 9.59 Å². The molecule has 0 bridgehead atoms. The molecule has 1 unspecified atom stereocenters. The number of Topliss-reactive ketones (excluding diaryl/α,β-unsaturated/α-hetero) is 1. The van der Waals surface area contributed by atoms with Crippen molar-refractivity contribution in [3.8, 4) is 0 Å². The zero-order chi connectivity index (χ0) is 14.7. The molecule has 1 amide bonds. The molecule has 0 aromatic heterocycles. The molecular formula is C17H23NO2. The highest BCUT2D eigenvalue weighted by atomic mass is 16.2. The summed E-state index contributed by atoms with van der Waals surface area (Å²) in [5.74, 6) is 0.685. The fraction of sp³-hybridized carbons (Fsp3) is 0.529. The van der Waals surface area contributed by atoms with Crippen molar-refractivity contribution in [3.63, 3.8) is 0 Å². The van der Waals surface area contributed by atoms with Crippen molar-refractivity contribution in [3.05, 3.63) is 35.4 Å². The van der Waals surface area contributed by atoms with Crippen LogP contribution >= 0.6 is 0 Å². The van der Waals surface area contributed by atoms with Crippen LogP contribution < -0.4 is 0 Å². The van der Waals surface area contributed by atoms with Crippen LogP contribution in [0.15, 0.2) is 24.3 Å². The van der Waals surface area contributed by atoms with Gasteiger partial charge in [0.1, 0.15) is 5.78 Å². The molecule has 1 saturated heterocycles. The number of carbonyl (C=O) groups is 2. The average Bonchev–Trinajstić information content (AvgIpc) is 2.85. The molecule has 1 atom stereocenters. The molecule has 108 valence electrons. The van der Waals surface area contributed by atoms with Gasteiger partial charge in [-0.05, 0) is 43.4 Å². The fourth-order valence-corrected chi connectivity index (χ4v) is 2.82. The van der Waals surface area contributed by atoms with Crippen molar-refractivity contribution in [2.45, 2.75) is 52.0 Å². The summed E-state index contributed by atoms with van der Waals surface area (Å²) < 4.78 is 0. The van der Waals surface area contributed by atoms with Crippen LogP contribution in [0.1, 0.15) is 61.9 Å². The molecule has 3 nitrogen and oxygen atoms in total. The number of hydrogen-bond donors (Lipinski definition) is 0. The highest BCUT2D eigenvalue weighted by molar-refractivity contribution is 5.95. The predicted molar refractivity (Wildman–Crippen MR) is 79.9 cm³/mol. The van der Waals surface area contributed by atoms with Crippen LogP contribution in [-0.2, 0) is 4.79 Å². The Morgan fingerprint density at radius 1 is 1.25 bits per heavy atom.